The lowest BCUT2D eigenvalue weighted by atomic mass is 9.91. The van der Waals surface area contributed by atoms with E-state index in [9.17, 15) is 0 Å². The molecule has 0 bridgehead atoms. The van der Waals surface area contributed by atoms with E-state index in [-0.39, 0.29) is 5.54 Å². The molecular formula is C17H30N2O. The number of rotatable bonds is 9. The standard InChI is InChI=1S/C17H30N2O/c1-5-6-7-12-19(3)17(2,14-18)13-15-8-10-16(20-4)11-9-15/h8-11H,5-7,12-14,18H2,1-4H3. The first-order valence-electron chi connectivity index (χ1n) is 7.60. The molecule has 1 rings (SSSR count). The zero-order chi connectivity index (χ0) is 15.0. The highest BCUT2D eigenvalue weighted by Gasteiger charge is 2.27. The number of methoxy groups -OCH3 is 1. The van der Waals surface area contributed by atoms with Crippen LogP contribution in [0.2, 0.25) is 0 Å². The van der Waals surface area contributed by atoms with Crippen LogP contribution in [0.1, 0.15) is 38.7 Å². The van der Waals surface area contributed by atoms with E-state index >= 15 is 0 Å². The van der Waals surface area contributed by atoms with Crippen molar-refractivity contribution in [3.8, 4) is 5.75 Å². The Morgan fingerprint density at radius 1 is 1.20 bits per heavy atom. The molecule has 0 spiro atoms. The van der Waals surface area contributed by atoms with Gasteiger partial charge in [0.15, 0.2) is 0 Å². The van der Waals surface area contributed by atoms with Crippen LogP contribution in [0.25, 0.3) is 0 Å². The van der Waals surface area contributed by atoms with Gasteiger partial charge in [0.25, 0.3) is 0 Å². The van der Waals surface area contributed by atoms with Crippen molar-refractivity contribution >= 4 is 0 Å². The molecule has 0 aliphatic carbocycles. The van der Waals surface area contributed by atoms with Gasteiger partial charge < -0.3 is 10.5 Å². The van der Waals surface area contributed by atoms with E-state index < -0.39 is 0 Å². The molecule has 2 N–H and O–H groups in total. The number of ether oxygens (including phenoxy) is 1. The summed E-state index contributed by atoms with van der Waals surface area (Å²) in [6.45, 7) is 6.27. The zero-order valence-corrected chi connectivity index (χ0v) is 13.5. The molecule has 0 aliphatic heterocycles. The molecule has 0 amide bonds. The highest BCUT2D eigenvalue weighted by molar-refractivity contribution is 5.28. The van der Waals surface area contributed by atoms with E-state index in [1.165, 1.54) is 24.8 Å². The lowest BCUT2D eigenvalue weighted by Crippen LogP contribution is -2.51. The van der Waals surface area contributed by atoms with Gasteiger partial charge in [-0.05, 0) is 51.1 Å². The van der Waals surface area contributed by atoms with Crippen molar-refractivity contribution < 1.29 is 4.74 Å². The Balaban J connectivity index is 2.66. The number of benzene rings is 1. The molecule has 0 saturated heterocycles. The van der Waals surface area contributed by atoms with Gasteiger partial charge in [0.05, 0.1) is 7.11 Å². The Morgan fingerprint density at radius 3 is 2.35 bits per heavy atom. The van der Waals surface area contributed by atoms with E-state index in [0.29, 0.717) is 6.54 Å². The van der Waals surface area contributed by atoms with Crippen LogP contribution >= 0.6 is 0 Å². The van der Waals surface area contributed by atoms with Crippen molar-refractivity contribution in [3.63, 3.8) is 0 Å². The van der Waals surface area contributed by atoms with Crippen LogP contribution in [0.15, 0.2) is 24.3 Å². The SMILES string of the molecule is CCCCCN(C)C(C)(CN)Cc1ccc(OC)cc1. The second-order valence-electron chi connectivity index (χ2n) is 5.85. The van der Waals surface area contributed by atoms with Gasteiger partial charge in [-0.15, -0.1) is 0 Å². The normalized spacial score (nSPS) is 14.3. The number of hydrogen-bond donors (Lipinski definition) is 1. The van der Waals surface area contributed by atoms with Crippen molar-refractivity contribution in [1.82, 2.24) is 4.90 Å². The smallest absolute Gasteiger partial charge is 0.118 e. The lowest BCUT2D eigenvalue weighted by Gasteiger charge is -2.38. The van der Waals surface area contributed by atoms with Crippen molar-refractivity contribution in [1.29, 1.82) is 0 Å². The third kappa shape index (κ3) is 4.80. The van der Waals surface area contributed by atoms with Crippen LogP contribution in [0.4, 0.5) is 0 Å². The van der Waals surface area contributed by atoms with E-state index in [0.717, 1.165) is 18.7 Å². The molecule has 3 heteroatoms. The highest BCUT2D eigenvalue weighted by Crippen LogP contribution is 2.21. The summed E-state index contributed by atoms with van der Waals surface area (Å²) in [6.07, 6.45) is 4.75. The van der Waals surface area contributed by atoms with Crippen LogP contribution in [-0.4, -0.2) is 37.7 Å². The van der Waals surface area contributed by atoms with Crippen molar-refractivity contribution in [3.05, 3.63) is 29.8 Å². The summed E-state index contributed by atoms with van der Waals surface area (Å²) < 4.78 is 5.20. The van der Waals surface area contributed by atoms with E-state index in [1.807, 2.05) is 12.1 Å². The van der Waals surface area contributed by atoms with Crippen LogP contribution in [0.3, 0.4) is 0 Å². The summed E-state index contributed by atoms with van der Waals surface area (Å²) in [7, 11) is 3.88. The van der Waals surface area contributed by atoms with Gasteiger partial charge in [-0.3, -0.25) is 4.90 Å². The minimum Gasteiger partial charge on any atom is -0.497 e. The molecule has 1 unspecified atom stereocenters. The fourth-order valence-electron chi connectivity index (χ4n) is 2.41. The van der Waals surface area contributed by atoms with E-state index in [1.54, 1.807) is 7.11 Å². The molecule has 0 radical (unpaired) electrons. The van der Waals surface area contributed by atoms with Gasteiger partial charge in [-0.2, -0.15) is 0 Å². The summed E-state index contributed by atoms with van der Waals surface area (Å²) in [6, 6.07) is 8.30. The molecule has 1 aromatic carbocycles. The summed E-state index contributed by atoms with van der Waals surface area (Å²) >= 11 is 0. The quantitative estimate of drug-likeness (QED) is 0.706. The zero-order valence-electron chi connectivity index (χ0n) is 13.5. The maximum atomic E-state index is 6.05. The lowest BCUT2D eigenvalue weighted by molar-refractivity contribution is 0.141. The molecule has 114 valence electrons. The number of nitrogens with zero attached hydrogens (tertiary/aromatic N) is 1. The summed E-state index contributed by atoms with van der Waals surface area (Å²) in [4.78, 5) is 2.41. The maximum absolute atomic E-state index is 6.05. The number of likely N-dealkylation sites (N-methyl/N-ethyl adjacent to an activating group) is 1. The Labute approximate surface area is 124 Å². The first-order chi connectivity index (χ1) is 9.55. The molecule has 0 aliphatic rings. The topological polar surface area (TPSA) is 38.5 Å². The van der Waals surface area contributed by atoms with Crippen molar-refractivity contribution in [2.24, 2.45) is 5.73 Å². The maximum Gasteiger partial charge on any atom is 0.118 e. The predicted octanol–water partition coefficient (Wildman–Crippen LogP) is 3.08. The Morgan fingerprint density at radius 2 is 1.85 bits per heavy atom. The van der Waals surface area contributed by atoms with Gasteiger partial charge in [-0.1, -0.05) is 31.9 Å². The fraction of sp³-hybridized carbons (Fsp3) is 0.647. The molecule has 1 atom stereocenters. The average Bonchev–Trinajstić information content (AvgIpc) is 2.48. The highest BCUT2D eigenvalue weighted by atomic mass is 16.5. The molecule has 20 heavy (non-hydrogen) atoms. The molecule has 0 aromatic heterocycles. The number of hydrogen-bond acceptors (Lipinski definition) is 3. The predicted molar refractivity (Wildman–Crippen MR) is 86.3 cm³/mol. The largest absolute Gasteiger partial charge is 0.497 e. The Bertz CT molecular complexity index is 377. The van der Waals surface area contributed by atoms with Crippen LogP contribution in [0, 0.1) is 0 Å². The fourth-order valence-corrected chi connectivity index (χ4v) is 2.41. The van der Waals surface area contributed by atoms with Crippen LogP contribution in [-0.2, 0) is 6.42 Å². The molecule has 3 nitrogen and oxygen atoms in total. The number of nitrogens with two attached hydrogens (primary N) is 1. The molecule has 1 aromatic rings. The Hall–Kier alpha value is -1.06. The monoisotopic (exact) mass is 278 g/mol. The average molecular weight is 278 g/mol. The van der Waals surface area contributed by atoms with Crippen LogP contribution < -0.4 is 10.5 Å². The van der Waals surface area contributed by atoms with E-state index in [4.69, 9.17) is 10.5 Å². The first kappa shape index (κ1) is 17.0. The van der Waals surface area contributed by atoms with Gasteiger partial charge in [0.1, 0.15) is 5.75 Å². The second kappa shape index (κ2) is 8.28. The molecule has 0 fully saturated rings. The van der Waals surface area contributed by atoms with Gasteiger partial charge >= 0.3 is 0 Å². The van der Waals surface area contributed by atoms with Gasteiger partial charge in [0.2, 0.25) is 0 Å². The minimum atomic E-state index is 0.0162. The van der Waals surface area contributed by atoms with E-state index in [2.05, 4.69) is 37.9 Å². The molecule has 0 heterocycles. The first-order valence-corrected chi connectivity index (χ1v) is 7.60. The van der Waals surface area contributed by atoms with Gasteiger partial charge in [-0.25, -0.2) is 0 Å². The summed E-state index contributed by atoms with van der Waals surface area (Å²) in [5.74, 6) is 0.902. The second-order valence-corrected chi connectivity index (χ2v) is 5.85. The third-order valence-electron chi connectivity index (χ3n) is 4.20. The summed E-state index contributed by atoms with van der Waals surface area (Å²) in [5, 5.41) is 0. The van der Waals surface area contributed by atoms with Crippen LogP contribution in [0.5, 0.6) is 5.75 Å². The number of unbranched alkanes of at least 4 members (excludes halogenated alkanes) is 2. The third-order valence-corrected chi connectivity index (χ3v) is 4.20. The Kier molecular flexibility index (Phi) is 7.03. The minimum absolute atomic E-state index is 0.0162. The summed E-state index contributed by atoms with van der Waals surface area (Å²) in [5.41, 5.74) is 7.37. The van der Waals surface area contributed by atoms with Gasteiger partial charge in [0, 0.05) is 12.1 Å². The molecular weight excluding hydrogens is 248 g/mol. The molecule has 0 saturated carbocycles. The van der Waals surface area contributed by atoms with Crippen molar-refractivity contribution in [2.75, 3.05) is 27.2 Å². The van der Waals surface area contributed by atoms with Crippen molar-refractivity contribution in [2.45, 2.75) is 45.1 Å².